The summed E-state index contributed by atoms with van der Waals surface area (Å²) in [5, 5.41) is 4.15. The Morgan fingerprint density at radius 2 is 1.88 bits per heavy atom. The van der Waals surface area contributed by atoms with E-state index in [0.29, 0.717) is 5.78 Å². The molecule has 0 aliphatic rings. The SMILES string of the molecule is Cc1c(-c2ccccc2)cnc2ncnn12. The minimum atomic E-state index is 0.636. The second-order valence-corrected chi connectivity index (χ2v) is 3.60. The lowest BCUT2D eigenvalue weighted by Crippen LogP contribution is -1.98. The number of aromatic nitrogens is 4. The molecule has 3 aromatic rings. The number of aryl methyl sites for hydroxylation is 1. The highest BCUT2D eigenvalue weighted by molar-refractivity contribution is 5.65. The quantitative estimate of drug-likeness (QED) is 0.617. The number of hydrogen-bond donors (Lipinski definition) is 0. The van der Waals surface area contributed by atoms with Crippen molar-refractivity contribution in [3.63, 3.8) is 0 Å². The van der Waals surface area contributed by atoms with Crippen LogP contribution >= 0.6 is 0 Å². The van der Waals surface area contributed by atoms with Gasteiger partial charge in [-0.2, -0.15) is 10.1 Å². The van der Waals surface area contributed by atoms with Crippen LogP contribution in [0.15, 0.2) is 42.9 Å². The maximum atomic E-state index is 4.27. The molecule has 4 heteroatoms. The van der Waals surface area contributed by atoms with Crippen LogP contribution in [0.1, 0.15) is 5.69 Å². The number of fused-ring (bicyclic) bond motifs is 1. The second kappa shape index (κ2) is 3.41. The monoisotopic (exact) mass is 210 g/mol. The summed E-state index contributed by atoms with van der Waals surface area (Å²) < 4.78 is 1.75. The third kappa shape index (κ3) is 1.27. The Morgan fingerprint density at radius 1 is 1.06 bits per heavy atom. The molecular formula is C12H10N4. The van der Waals surface area contributed by atoms with E-state index in [1.54, 1.807) is 4.52 Å². The molecule has 0 fully saturated rings. The summed E-state index contributed by atoms with van der Waals surface area (Å²) >= 11 is 0. The first-order chi connectivity index (χ1) is 7.86. The van der Waals surface area contributed by atoms with Crippen molar-refractivity contribution in [2.45, 2.75) is 6.92 Å². The Hall–Kier alpha value is -2.23. The van der Waals surface area contributed by atoms with E-state index in [1.165, 1.54) is 6.33 Å². The van der Waals surface area contributed by atoms with Crippen molar-refractivity contribution in [3.8, 4) is 11.1 Å². The van der Waals surface area contributed by atoms with Crippen LogP contribution in [0, 0.1) is 6.92 Å². The van der Waals surface area contributed by atoms with Crippen LogP contribution in [0.25, 0.3) is 16.9 Å². The standard InChI is InChI=1S/C12H10N4/c1-9-11(10-5-3-2-4-6-10)7-13-12-14-8-15-16(9)12/h2-8H,1H3. The predicted molar refractivity (Wildman–Crippen MR) is 61.0 cm³/mol. The molecule has 2 heterocycles. The number of hydrogen-bond acceptors (Lipinski definition) is 3. The largest absolute Gasteiger partial charge is 0.252 e. The van der Waals surface area contributed by atoms with Crippen LogP contribution in [0.4, 0.5) is 0 Å². The van der Waals surface area contributed by atoms with Crippen LogP contribution in [0.5, 0.6) is 0 Å². The van der Waals surface area contributed by atoms with Crippen LogP contribution < -0.4 is 0 Å². The van der Waals surface area contributed by atoms with Gasteiger partial charge in [0, 0.05) is 11.8 Å². The van der Waals surface area contributed by atoms with Gasteiger partial charge in [0.2, 0.25) is 0 Å². The molecule has 0 unspecified atom stereocenters. The zero-order valence-electron chi connectivity index (χ0n) is 8.83. The molecule has 1 aromatic carbocycles. The third-order valence-corrected chi connectivity index (χ3v) is 2.63. The molecule has 0 amide bonds. The molecule has 0 N–H and O–H groups in total. The molecular weight excluding hydrogens is 200 g/mol. The molecule has 0 saturated carbocycles. The van der Waals surface area contributed by atoms with Crippen molar-refractivity contribution >= 4 is 5.78 Å². The van der Waals surface area contributed by atoms with Crippen LogP contribution in [0.2, 0.25) is 0 Å². The zero-order chi connectivity index (χ0) is 11.0. The first-order valence-corrected chi connectivity index (χ1v) is 5.07. The maximum absolute atomic E-state index is 4.27. The lowest BCUT2D eigenvalue weighted by atomic mass is 10.1. The minimum Gasteiger partial charge on any atom is -0.219 e. The van der Waals surface area contributed by atoms with E-state index < -0.39 is 0 Å². The fraction of sp³-hybridized carbons (Fsp3) is 0.0833. The average Bonchev–Trinajstić information content (AvgIpc) is 2.80. The first-order valence-electron chi connectivity index (χ1n) is 5.07. The fourth-order valence-electron chi connectivity index (χ4n) is 1.79. The highest BCUT2D eigenvalue weighted by Crippen LogP contribution is 2.21. The maximum Gasteiger partial charge on any atom is 0.252 e. The van der Waals surface area contributed by atoms with Crippen molar-refractivity contribution in [3.05, 3.63) is 48.5 Å². The van der Waals surface area contributed by atoms with Gasteiger partial charge in [0.05, 0.1) is 5.69 Å². The molecule has 3 rings (SSSR count). The van der Waals surface area contributed by atoms with Gasteiger partial charge in [-0.05, 0) is 12.5 Å². The highest BCUT2D eigenvalue weighted by atomic mass is 15.3. The molecule has 16 heavy (non-hydrogen) atoms. The number of benzene rings is 1. The summed E-state index contributed by atoms with van der Waals surface area (Å²) in [6.45, 7) is 2.02. The Balaban J connectivity index is 2.28. The van der Waals surface area contributed by atoms with Crippen molar-refractivity contribution in [2.24, 2.45) is 0 Å². The molecule has 2 aromatic heterocycles. The van der Waals surface area contributed by atoms with Crippen LogP contribution in [-0.4, -0.2) is 19.6 Å². The zero-order valence-corrected chi connectivity index (χ0v) is 8.83. The summed E-state index contributed by atoms with van der Waals surface area (Å²) in [5.74, 6) is 0.636. The van der Waals surface area contributed by atoms with E-state index in [0.717, 1.165) is 16.8 Å². The van der Waals surface area contributed by atoms with Gasteiger partial charge >= 0.3 is 0 Å². The van der Waals surface area contributed by atoms with Gasteiger partial charge in [-0.3, -0.25) is 0 Å². The number of nitrogens with zero attached hydrogens (tertiary/aromatic N) is 4. The van der Waals surface area contributed by atoms with E-state index in [-0.39, 0.29) is 0 Å². The molecule has 0 bridgehead atoms. The fourth-order valence-corrected chi connectivity index (χ4v) is 1.79. The molecule has 0 aliphatic heterocycles. The predicted octanol–water partition coefficient (Wildman–Crippen LogP) is 2.10. The Bertz CT molecular complexity index is 628. The summed E-state index contributed by atoms with van der Waals surface area (Å²) in [7, 11) is 0. The Morgan fingerprint density at radius 3 is 2.69 bits per heavy atom. The van der Waals surface area contributed by atoms with Crippen molar-refractivity contribution < 1.29 is 0 Å². The Kier molecular flexibility index (Phi) is 1.93. The van der Waals surface area contributed by atoms with E-state index >= 15 is 0 Å². The van der Waals surface area contributed by atoms with Crippen molar-refractivity contribution in [2.75, 3.05) is 0 Å². The first kappa shape index (κ1) is 9.03. The van der Waals surface area contributed by atoms with E-state index in [4.69, 9.17) is 0 Å². The smallest absolute Gasteiger partial charge is 0.219 e. The molecule has 0 saturated heterocycles. The van der Waals surface area contributed by atoms with Crippen molar-refractivity contribution in [1.82, 2.24) is 19.6 Å². The van der Waals surface area contributed by atoms with Gasteiger partial charge in [-0.15, -0.1) is 0 Å². The van der Waals surface area contributed by atoms with Crippen LogP contribution in [0.3, 0.4) is 0 Å². The lowest BCUT2D eigenvalue weighted by molar-refractivity contribution is 0.897. The minimum absolute atomic E-state index is 0.636. The summed E-state index contributed by atoms with van der Waals surface area (Å²) in [4.78, 5) is 8.32. The topological polar surface area (TPSA) is 43.1 Å². The normalized spacial score (nSPS) is 10.8. The summed E-state index contributed by atoms with van der Waals surface area (Å²) in [5.41, 5.74) is 3.28. The van der Waals surface area contributed by atoms with Gasteiger partial charge in [0.1, 0.15) is 6.33 Å². The Labute approximate surface area is 92.6 Å². The average molecular weight is 210 g/mol. The van der Waals surface area contributed by atoms with Gasteiger partial charge < -0.3 is 0 Å². The molecule has 0 aliphatic carbocycles. The highest BCUT2D eigenvalue weighted by Gasteiger charge is 2.07. The van der Waals surface area contributed by atoms with E-state index in [9.17, 15) is 0 Å². The van der Waals surface area contributed by atoms with E-state index in [2.05, 4.69) is 27.2 Å². The van der Waals surface area contributed by atoms with Gasteiger partial charge in [0.25, 0.3) is 5.78 Å². The third-order valence-electron chi connectivity index (χ3n) is 2.63. The molecule has 4 nitrogen and oxygen atoms in total. The molecule has 0 spiro atoms. The van der Waals surface area contributed by atoms with Gasteiger partial charge in [-0.25, -0.2) is 9.50 Å². The molecule has 78 valence electrons. The lowest BCUT2D eigenvalue weighted by Gasteiger charge is -2.06. The summed E-state index contributed by atoms with van der Waals surface area (Å²) in [6, 6.07) is 10.2. The summed E-state index contributed by atoms with van der Waals surface area (Å²) in [6.07, 6.45) is 3.36. The van der Waals surface area contributed by atoms with E-state index in [1.807, 2.05) is 31.3 Å². The number of rotatable bonds is 1. The van der Waals surface area contributed by atoms with Crippen LogP contribution in [-0.2, 0) is 0 Å². The van der Waals surface area contributed by atoms with Gasteiger partial charge in [0.15, 0.2) is 0 Å². The molecule has 0 radical (unpaired) electrons. The molecule has 0 atom stereocenters. The second-order valence-electron chi connectivity index (χ2n) is 3.60. The van der Waals surface area contributed by atoms with Gasteiger partial charge in [-0.1, -0.05) is 30.3 Å². The van der Waals surface area contributed by atoms with Crippen molar-refractivity contribution in [1.29, 1.82) is 0 Å².